The highest BCUT2D eigenvalue weighted by Gasteiger charge is 2.27. The number of aryl methyl sites for hydroxylation is 1. The van der Waals surface area contributed by atoms with E-state index >= 15 is 0 Å². The second kappa shape index (κ2) is 5.72. The molecule has 0 amide bonds. The van der Waals surface area contributed by atoms with Gasteiger partial charge in [-0.25, -0.2) is 4.39 Å². The summed E-state index contributed by atoms with van der Waals surface area (Å²) in [5, 5.41) is 0. The van der Waals surface area contributed by atoms with E-state index in [2.05, 4.69) is 45.0 Å². The van der Waals surface area contributed by atoms with Crippen LogP contribution in [0.25, 0.3) is 11.6 Å². The quantitative estimate of drug-likeness (QED) is 0.596. The first-order chi connectivity index (χ1) is 10.5. The smallest absolute Gasteiger partial charge is 0.123 e. The van der Waals surface area contributed by atoms with Gasteiger partial charge in [0.1, 0.15) is 5.82 Å². The highest BCUT2D eigenvalue weighted by atomic mass is 19.1. The van der Waals surface area contributed by atoms with Crippen molar-refractivity contribution < 1.29 is 4.39 Å². The molecule has 1 heteroatoms. The minimum absolute atomic E-state index is 0.190. The summed E-state index contributed by atoms with van der Waals surface area (Å²) in [4.78, 5) is 0. The molecule has 114 valence electrons. The molecule has 0 saturated heterocycles. The molecule has 3 rings (SSSR count). The first-order valence-corrected chi connectivity index (χ1v) is 8.03. The van der Waals surface area contributed by atoms with Gasteiger partial charge in [-0.1, -0.05) is 50.3 Å². The molecule has 0 nitrogen and oxygen atoms in total. The van der Waals surface area contributed by atoms with Crippen LogP contribution in [-0.4, -0.2) is 0 Å². The third kappa shape index (κ3) is 2.99. The molecule has 0 heterocycles. The maximum Gasteiger partial charge on any atom is 0.123 e. The van der Waals surface area contributed by atoms with E-state index in [1.54, 1.807) is 0 Å². The van der Waals surface area contributed by atoms with Crippen LogP contribution in [0.3, 0.4) is 0 Å². The predicted octanol–water partition coefficient (Wildman–Crippen LogP) is 6.00. The normalized spacial score (nSPS) is 17.2. The zero-order chi connectivity index (χ0) is 15.7. The third-order valence-corrected chi connectivity index (χ3v) is 4.80. The molecule has 0 radical (unpaired) electrons. The molecule has 0 unspecified atom stereocenters. The highest BCUT2D eigenvalue weighted by molar-refractivity contribution is 5.80. The number of hydrogen-bond acceptors (Lipinski definition) is 0. The zero-order valence-corrected chi connectivity index (χ0v) is 13.6. The summed E-state index contributed by atoms with van der Waals surface area (Å²) in [6.45, 7) is 6.81. The van der Waals surface area contributed by atoms with Crippen molar-refractivity contribution >= 4 is 11.6 Å². The molecule has 2 aromatic carbocycles. The number of benzene rings is 2. The Morgan fingerprint density at radius 1 is 1.09 bits per heavy atom. The van der Waals surface area contributed by atoms with Crippen LogP contribution >= 0.6 is 0 Å². The number of hydrogen-bond donors (Lipinski definition) is 0. The topological polar surface area (TPSA) is 0 Å². The van der Waals surface area contributed by atoms with Crippen LogP contribution in [0.1, 0.15) is 55.9 Å². The molecule has 22 heavy (non-hydrogen) atoms. The molecule has 0 saturated carbocycles. The summed E-state index contributed by atoms with van der Waals surface area (Å²) in [5.74, 6) is -0.190. The lowest BCUT2D eigenvalue weighted by molar-refractivity contribution is 0.432. The SMILES string of the molecule is C/C(=C\c1ccc(F)cc1)c1ccc2c(c1)C(C)(C)CCC2. The van der Waals surface area contributed by atoms with E-state index in [1.807, 2.05) is 12.1 Å². The Labute approximate surface area is 132 Å². The standard InChI is InChI=1S/C21H23F/c1-15(13-16-6-10-19(22)11-7-16)18-9-8-17-5-4-12-21(2,3)20(17)14-18/h6-11,13-14H,4-5,12H2,1-3H3/b15-13+. The second-order valence-corrected chi connectivity index (χ2v) is 6.99. The van der Waals surface area contributed by atoms with Crippen molar-refractivity contribution in [3.05, 3.63) is 70.5 Å². The van der Waals surface area contributed by atoms with Crippen LogP contribution in [-0.2, 0) is 11.8 Å². The van der Waals surface area contributed by atoms with E-state index in [1.165, 1.54) is 53.7 Å². The summed E-state index contributed by atoms with van der Waals surface area (Å²) in [6.07, 6.45) is 5.85. The van der Waals surface area contributed by atoms with Crippen LogP contribution in [0.15, 0.2) is 42.5 Å². The minimum atomic E-state index is -0.190. The van der Waals surface area contributed by atoms with Gasteiger partial charge in [0.15, 0.2) is 0 Å². The van der Waals surface area contributed by atoms with E-state index in [-0.39, 0.29) is 11.2 Å². The fourth-order valence-electron chi connectivity index (χ4n) is 3.42. The lowest BCUT2D eigenvalue weighted by atomic mass is 9.72. The monoisotopic (exact) mass is 294 g/mol. The van der Waals surface area contributed by atoms with Gasteiger partial charge in [0.25, 0.3) is 0 Å². The Kier molecular flexibility index (Phi) is 3.90. The predicted molar refractivity (Wildman–Crippen MR) is 92.4 cm³/mol. The van der Waals surface area contributed by atoms with Gasteiger partial charge in [0.05, 0.1) is 0 Å². The molecule has 1 aliphatic rings. The Morgan fingerprint density at radius 2 is 1.82 bits per heavy atom. The van der Waals surface area contributed by atoms with Crippen molar-refractivity contribution in [1.82, 2.24) is 0 Å². The average Bonchev–Trinajstić information content (AvgIpc) is 2.49. The van der Waals surface area contributed by atoms with Crippen LogP contribution in [0.2, 0.25) is 0 Å². The largest absolute Gasteiger partial charge is 0.207 e. The van der Waals surface area contributed by atoms with Crippen molar-refractivity contribution in [3.8, 4) is 0 Å². The van der Waals surface area contributed by atoms with Gasteiger partial charge in [-0.15, -0.1) is 0 Å². The van der Waals surface area contributed by atoms with Gasteiger partial charge in [-0.2, -0.15) is 0 Å². The third-order valence-electron chi connectivity index (χ3n) is 4.80. The molecule has 0 aliphatic heterocycles. The molecule has 1 aliphatic carbocycles. The number of fused-ring (bicyclic) bond motifs is 1. The van der Waals surface area contributed by atoms with Gasteiger partial charge < -0.3 is 0 Å². The van der Waals surface area contributed by atoms with Gasteiger partial charge in [-0.3, -0.25) is 0 Å². The fraction of sp³-hybridized carbons (Fsp3) is 0.333. The van der Waals surface area contributed by atoms with E-state index in [4.69, 9.17) is 0 Å². The molecule has 2 aromatic rings. The molecule has 0 N–H and O–H groups in total. The van der Waals surface area contributed by atoms with Crippen LogP contribution in [0.5, 0.6) is 0 Å². The summed E-state index contributed by atoms with van der Waals surface area (Å²) in [5.41, 5.74) is 6.77. The first kappa shape index (κ1) is 15.0. The Balaban J connectivity index is 1.96. The van der Waals surface area contributed by atoms with Gasteiger partial charge in [-0.05, 0) is 71.6 Å². The molecule has 0 aromatic heterocycles. The maximum atomic E-state index is 13.0. The van der Waals surface area contributed by atoms with Crippen LogP contribution in [0, 0.1) is 5.82 Å². The van der Waals surface area contributed by atoms with Crippen molar-refractivity contribution in [2.45, 2.75) is 45.4 Å². The van der Waals surface area contributed by atoms with Crippen molar-refractivity contribution in [3.63, 3.8) is 0 Å². The molecule has 0 spiro atoms. The van der Waals surface area contributed by atoms with E-state index in [0.29, 0.717) is 0 Å². The number of rotatable bonds is 2. The van der Waals surface area contributed by atoms with Crippen LogP contribution in [0.4, 0.5) is 4.39 Å². The van der Waals surface area contributed by atoms with E-state index < -0.39 is 0 Å². The number of halogens is 1. The first-order valence-electron chi connectivity index (χ1n) is 8.03. The summed E-state index contributed by atoms with van der Waals surface area (Å²) in [7, 11) is 0. The minimum Gasteiger partial charge on any atom is -0.207 e. The molecule has 0 fully saturated rings. The summed E-state index contributed by atoms with van der Waals surface area (Å²) in [6, 6.07) is 13.5. The summed E-state index contributed by atoms with van der Waals surface area (Å²) < 4.78 is 13.0. The van der Waals surface area contributed by atoms with Gasteiger partial charge in [0.2, 0.25) is 0 Å². The Bertz CT molecular complexity index is 705. The van der Waals surface area contributed by atoms with E-state index in [9.17, 15) is 4.39 Å². The average molecular weight is 294 g/mol. The number of allylic oxidation sites excluding steroid dienone is 1. The Hall–Kier alpha value is -1.89. The second-order valence-electron chi connectivity index (χ2n) is 6.99. The lowest BCUT2D eigenvalue weighted by Crippen LogP contribution is -2.23. The van der Waals surface area contributed by atoms with Crippen molar-refractivity contribution in [2.24, 2.45) is 0 Å². The highest BCUT2D eigenvalue weighted by Crippen LogP contribution is 2.38. The molecular weight excluding hydrogens is 271 g/mol. The fourth-order valence-corrected chi connectivity index (χ4v) is 3.42. The van der Waals surface area contributed by atoms with Gasteiger partial charge in [0, 0.05) is 0 Å². The zero-order valence-electron chi connectivity index (χ0n) is 13.6. The lowest BCUT2D eigenvalue weighted by Gasteiger charge is -2.33. The summed E-state index contributed by atoms with van der Waals surface area (Å²) >= 11 is 0. The molecule has 0 bridgehead atoms. The van der Waals surface area contributed by atoms with E-state index in [0.717, 1.165) is 5.56 Å². The molecular formula is C21H23F. The maximum absolute atomic E-state index is 13.0. The van der Waals surface area contributed by atoms with Crippen molar-refractivity contribution in [2.75, 3.05) is 0 Å². The van der Waals surface area contributed by atoms with Crippen LogP contribution < -0.4 is 0 Å². The van der Waals surface area contributed by atoms with Crippen molar-refractivity contribution in [1.29, 1.82) is 0 Å². The molecule has 0 atom stereocenters. The van der Waals surface area contributed by atoms with Gasteiger partial charge >= 0.3 is 0 Å². The Morgan fingerprint density at radius 3 is 2.55 bits per heavy atom.